The fraction of sp³-hybridized carbons (Fsp3) is 0.318. The molecule has 0 spiro atoms. The van der Waals surface area contributed by atoms with Crippen LogP contribution >= 0.6 is 0 Å². The number of benzene rings is 1. The first-order valence-electron chi connectivity index (χ1n) is 9.45. The second-order valence-corrected chi connectivity index (χ2v) is 6.98. The molecule has 0 fully saturated rings. The minimum Gasteiger partial charge on any atom is -0.427 e. The Morgan fingerprint density at radius 3 is 2.61 bits per heavy atom. The van der Waals surface area contributed by atoms with Crippen molar-refractivity contribution < 1.29 is 9.21 Å². The molecule has 0 radical (unpaired) electrons. The molecular formula is C22H25N3O3. The van der Waals surface area contributed by atoms with Crippen molar-refractivity contribution in [3.63, 3.8) is 0 Å². The predicted octanol–water partition coefficient (Wildman–Crippen LogP) is 3.16. The van der Waals surface area contributed by atoms with E-state index in [1.807, 2.05) is 24.3 Å². The smallest absolute Gasteiger partial charge is 0.349 e. The number of H-pyrrole nitrogens is 1. The van der Waals surface area contributed by atoms with Crippen LogP contribution in [-0.4, -0.2) is 34.6 Å². The highest BCUT2D eigenvalue weighted by Crippen LogP contribution is 2.13. The van der Waals surface area contributed by atoms with E-state index in [1.165, 1.54) is 5.56 Å². The highest BCUT2D eigenvalue weighted by atomic mass is 16.4. The number of amides is 1. The molecule has 0 unspecified atom stereocenters. The van der Waals surface area contributed by atoms with Crippen molar-refractivity contribution in [2.45, 2.75) is 32.6 Å². The SMILES string of the molecule is Cc1cc(CCCc2ccccc2)oc(=O)c1C(=O)N(C)CCc1cn[nH]c1. The molecule has 0 aliphatic rings. The Balaban J connectivity index is 1.62. The summed E-state index contributed by atoms with van der Waals surface area (Å²) in [5.41, 5.74) is 2.48. The van der Waals surface area contributed by atoms with Gasteiger partial charge in [-0.2, -0.15) is 5.10 Å². The Morgan fingerprint density at radius 2 is 1.93 bits per heavy atom. The summed E-state index contributed by atoms with van der Waals surface area (Å²) < 4.78 is 5.43. The molecule has 146 valence electrons. The Morgan fingerprint density at radius 1 is 1.14 bits per heavy atom. The molecule has 0 aliphatic heterocycles. The van der Waals surface area contributed by atoms with Gasteiger partial charge in [0.2, 0.25) is 0 Å². The van der Waals surface area contributed by atoms with Crippen molar-refractivity contribution >= 4 is 5.91 Å². The van der Waals surface area contributed by atoms with Crippen LogP contribution in [0.4, 0.5) is 0 Å². The maximum Gasteiger partial charge on any atom is 0.349 e. The molecule has 3 rings (SSSR count). The fourth-order valence-electron chi connectivity index (χ4n) is 3.17. The molecule has 2 aromatic heterocycles. The Hall–Kier alpha value is -3.15. The van der Waals surface area contributed by atoms with Gasteiger partial charge >= 0.3 is 5.63 Å². The number of likely N-dealkylation sites (N-methyl/N-ethyl adjacent to an activating group) is 1. The number of carbonyl (C=O) groups excluding carboxylic acids is 1. The largest absolute Gasteiger partial charge is 0.427 e. The maximum atomic E-state index is 12.7. The Bertz CT molecular complexity index is 962. The third kappa shape index (κ3) is 4.97. The summed E-state index contributed by atoms with van der Waals surface area (Å²) in [4.78, 5) is 26.7. The lowest BCUT2D eigenvalue weighted by atomic mass is 10.1. The number of nitrogens with one attached hydrogen (secondary N) is 1. The molecule has 6 nitrogen and oxygen atoms in total. The number of aromatic amines is 1. The van der Waals surface area contributed by atoms with Gasteiger partial charge in [0, 0.05) is 26.2 Å². The third-order valence-electron chi connectivity index (χ3n) is 4.78. The van der Waals surface area contributed by atoms with Gasteiger partial charge in [-0.1, -0.05) is 30.3 Å². The number of aromatic nitrogens is 2. The van der Waals surface area contributed by atoms with Gasteiger partial charge < -0.3 is 9.32 Å². The highest BCUT2D eigenvalue weighted by molar-refractivity contribution is 5.94. The van der Waals surface area contributed by atoms with E-state index in [2.05, 4.69) is 22.3 Å². The average Bonchev–Trinajstić information content (AvgIpc) is 3.20. The second kappa shape index (κ2) is 9.17. The summed E-state index contributed by atoms with van der Waals surface area (Å²) in [5, 5.41) is 6.64. The van der Waals surface area contributed by atoms with Crippen LogP contribution in [0.2, 0.25) is 0 Å². The molecule has 0 saturated carbocycles. The number of nitrogens with zero attached hydrogens (tertiary/aromatic N) is 2. The molecule has 28 heavy (non-hydrogen) atoms. The third-order valence-corrected chi connectivity index (χ3v) is 4.78. The number of hydrogen-bond donors (Lipinski definition) is 1. The number of rotatable bonds is 8. The van der Waals surface area contributed by atoms with Crippen LogP contribution in [0.25, 0.3) is 0 Å². The van der Waals surface area contributed by atoms with Gasteiger partial charge in [0.05, 0.1) is 6.20 Å². The summed E-state index contributed by atoms with van der Waals surface area (Å²) in [7, 11) is 1.69. The van der Waals surface area contributed by atoms with E-state index < -0.39 is 5.63 Å². The van der Waals surface area contributed by atoms with Crippen LogP contribution in [0.5, 0.6) is 0 Å². The van der Waals surface area contributed by atoms with E-state index in [4.69, 9.17) is 4.42 Å². The molecule has 6 heteroatoms. The van der Waals surface area contributed by atoms with Crippen LogP contribution in [0.3, 0.4) is 0 Å². The topological polar surface area (TPSA) is 79.2 Å². The van der Waals surface area contributed by atoms with Gasteiger partial charge in [-0.05, 0) is 48.9 Å². The molecule has 1 amide bonds. The van der Waals surface area contributed by atoms with Crippen molar-refractivity contribution in [1.29, 1.82) is 0 Å². The van der Waals surface area contributed by atoms with E-state index in [-0.39, 0.29) is 11.5 Å². The summed E-state index contributed by atoms with van der Waals surface area (Å²) >= 11 is 0. The summed E-state index contributed by atoms with van der Waals surface area (Å²) in [6.45, 7) is 2.28. The summed E-state index contributed by atoms with van der Waals surface area (Å²) in [6, 6.07) is 12.0. The first-order chi connectivity index (χ1) is 13.5. The molecule has 0 atom stereocenters. The first kappa shape index (κ1) is 19.6. The van der Waals surface area contributed by atoms with E-state index in [1.54, 1.807) is 31.3 Å². The number of aryl methyl sites for hydroxylation is 3. The van der Waals surface area contributed by atoms with Gasteiger partial charge in [-0.15, -0.1) is 0 Å². The number of hydrogen-bond acceptors (Lipinski definition) is 4. The predicted molar refractivity (Wildman–Crippen MR) is 107 cm³/mol. The van der Waals surface area contributed by atoms with Crippen molar-refractivity contribution in [3.05, 3.63) is 87.2 Å². The van der Waals surface area contributed by atoms with Crippen molar-refractivity contribution in [2.24, 2.45) is 0 Å². The zero-order valence-corrected chi connectivity index (χ0v) is 16.3. The molecule has 2 heterocycles. The Labute approximate surface area is 164 Å². The molecule has 0 saturated heterocycles. The van der Waals surface area contributed by atoms with Crippen LogP contribution in [0.1, 0.15) is 39.2 Å². The second-order valence-electron chi connectivity index (χ2n) is 6.98. The minimum absolute atomic E-state index is 0.113. The Kier molecular flexibility index (Phi) is 6.42. The standard InChI is InChI=1S/C22H25N3O3/c1-16-13-19(10-6-9-17-7-4-3-5-8-17)28-22(27)20(16)21(26)25(2)12-11-18-14-23-24-15-18/h3-5,7-8,13-15H,6,9-12H2,1-2H3,(H,23,24). The van der Waals surface area contributed by atoms with E-state index in [0.717, 1.165) is 18.4 Å². The van der Waals surface area contributed by atoms with Crippen LogP contribution < -0.4 is 5.63 Å². The molecule has 3 aromatic rings. The van der Waals surface area contributed by atoms with Crippen LogP contribution in [-0.2, 0) is 19.3 Å². The van der Waals surface area contributed by atoms with Crippen molar-refractivity contribution in [2.75, 3.05) is 13.6 Å². The van der Waals surface area contributed by atoms with E-state index in [0.29, 0.717) is 30.7 Å². The minimum atomic E-state index is -0.560. The summed E-state index contributed by atoms with van der Waals surface area (Å²) in [5.74, 6) is 0.307. The molecule has 0 aliphatic carbocycles. The monoisotopic (exact) mass is 379 g/mol. The van der Waals surface area contributed by atoms with Crippen molar-refractivity contribution in [1.82, 2.24) is 15.1 Å². The van der Waals surface area contributed by atoms with Crippen LogP contribution in [0, 0.1) is 6.92 Å². The zero-order valence-electron chi connectivity index (χ0n) is 16.3. The van der Waals surface area contributed by atoms with Crippen LogP contribution in [0.15, 0.2) is 58.0 Å². The highest BCUT2D eigenvalue weighted by Gasteiger charge is 2.20. The zero-order chi connectivity index (χ0) is 19.9. The maximum absolute atomic E-state index is 12.7. The lowest BCUT2D eigenvalue weighted by Gasteiger charge is -2.17. The van der Waals surface area contributed by atoms with Gasteiger partial charge in [0.1, 0.15) is 11.3 Å². The van der Waals surface area contributed by atoms with E-state index in [9.17, 15) is 9.59 Å². The molecule has 0 bridgehead atoms. The molecular weight excluding hydrogens is 354 g/mol. The van der Waals surface area contributed by atoms with Gasteiger partial charge in [0.15, 0.2) is 0 Å². The first-order valence-corrected chi connectivity index (χ1v) is 9.45. The van der Waals surface area contributed by atoms with Gasteiger partial charge in [-0.25, -0.2) is 4.79 Å². The lowest BCUT2D eigenvalue weighted by Crippen LogP contribution is -2.33. The van der Waals surface area contributed by atoms with Gasteiger partial charge in [0.25, 0.3) is 5.91 Å². The molecule has 1 N–H and O–H groups in total. The van der Waals surface area contributed by atoms with Gasteiger partial charge in [-0.3, -0.25) is 9.89 Å². The normalized spacial score (nSPS) is 10.8. The van der Waals surface area contributed by atoms with E-state index >= 15 is 0 Å². The van der Waals surface area contributed by atoms with Crippen molar-refractivity contribution in [3.8, 4) is 0 Å². The quantitative estimate of drug-likeness (QED) is 0.652. The average molecular weight is 379 g/mol. The molecule has 1 aromatic carbocycles. The summed E-state index contributed by atoms with van der Waals surface area (Å²) in [6.07, 6.45) is 6.64. The lowest BCUT2D eigenvalue weighted by molar-refractivity contribution is 0.0791. The fourth-order valence-corrected chi connectivity index (χ4v) is 3.17. The number of carbonyl (C=O) groups is 1.